The maximum absolute atomic E-state index is 12.0. The van der Waals surface area contributed by atoms with E-state index in [1.54, 1.807) is 0 Å². The van der Waals surface area contributed by atoms with Crippen LogP contribution in [0.15, 0.2) is 0 Å². The normalized spacial score (nSPS) is 23.1. The monoisotopic (exact) mass is 282 g/mol. The predicted molar refractivity (Wildman–Crippen MR) is 80.6 cm³/mol. The zero-order valence-electron chi connectivity index (χ0n) is 13.1. The average molecular weight is 282 g/mol. The van der Waals surface area contributed by atoms with Crippen molar-refractivity contribution in [1.82, 2.24) is 10.2 Å². The molecule has 2 aliphatic heterocycles. The first kappa shape index (κ1) is 15.8. The van der Waals surface area contributed by atoms with Gasteiger partial charge in [-0.25, -0.2) is 0 Å². The smallest absolute Gasteiger partial charge is 0.309 e. The fraction of sp³-hybridized carbons (Fsp3) is 0.938. The second kappa shape index (κ2) is 7.99. The van der Waals surface area contributed by atoms with Gasteiger partial charge in [-0.1, -0.05) is 13.8 Å². The molecule has 0 aromatic rings. The molecule has 0 bridgehead atoms. The van der Waals surface area contributed by atoms with E-state index in [2.05, 4.69) is 24.1 Å². The van der Waals surface area contributed by atoms with Crippen molar-refractivity contribution < 1.29 is 9.53 Å². The van der Waals surface area contributed by atoms with Gasteiger partial charge in [0, 0.05) is 6.54 Å². The molecule has 4 nitrogen and oxygen atoms in total. The van der Waals surface area contributed by atoms with Crippen LogP contribution in [0, 0.1) is 17.8 Å². The van der Waals surface area contributed by atoms with Gasteiger partial charge >= 0.3 is 5.97 Å². The highest BCUT2D eigenvalue weighted by atomic mass is 16.5. The van der Waals surface area contributed by atoms with Gasteiger partial charge in [0.25, 0.3) is 0 Å². The molecule has 2 fully saturated rings. The number of nitrogens with one attached hydrogen (secondary N) is 1. The Labute approximate surface area is 123 Å². The van der Waals surface area contributed by atoms with E-state index in [9.17, 15) is 4.79 Å². The van der Waals surface area contributed by atoms with Crippen molar-refractivity contribution in [2.24, 2.45) is 17.8 Å². The molecule has 2 saturated heterocycles. The number of ether oxygens (including phenoxy) is 1. The van der Waals surface area contributed by atoms with Crippen LogP contribution >= 0.6 is 0 Å². The van der Waals surface area contributed by atoms with Gasteiger partial charge < -0.3 is 15.0 Å². The van der Waals surface area contributed by atoms with Crippen molar-refractivity contribution in [3.05, 3.63) is 0 Å². The summed E-state index contributed by atoms with van der Waals surface area (Å²) in [6.45, 7) is 10.4. The number of hydrogen-bond donors (Lipinski definition) is 1. The Kier molecular flexibility index (Phi) is 6.30. The third-order valence-corrected chi connectivity index (χ3v) is 4.45. The highest BCUT2D eigenvalue weighted by Crippen LogP contribution is 2.22. The molecule has 0 saturated carbocycles. The summed E-state index contributed by atoms with van der Waals surface area (Å²) in [5, 5.41) is 3.42. The average Bonchev–Trinajstić information content (AvgIpc) is 2.46. The molecule has 2 heterocycles. The predicted octanol–water partition coefficient (Wildman–Crippen LogP) is 1.90. The Balaban J connectivity index is 1.65. The SMILES string of the molecule is CC(C)COC(=O)C1CCN(CC2CCNCC2)CC1. The second-order valence-electron chi connectivity index (χ2n) is 6.79. The fourth-order valence-corrected chi connectivity index (χ4v) is 3.15. The Morgan fingerprint density at radius 3 is 2.45 bits per heavy atom. The molecule has 116 valence electrons. The van der Waals surface area contributed by atoms with Gasteiger partial charge in [-0.3, -0.25) is 4.79 Å². The number of nitrogens with zero attached hydrogens (tertiary/aromatic N) is 1. The topological polar surface area (TPSA) is 41.6 Å². The van der Waals surface area contributed by atoms with Gasteiger partial charge in [0.2, 0.25) is 0 Å². The first-order valence-corrected chi connectivity index (χ1v) is 8.25. The molecule has 1 N–H and O–H groups in total. The first-order chi connectivity index (χ1) is 9.65. The Morgan fingerprint density at radius 2 is 1.85 bits per heavy atom. The van der Waals surface area contributed by atoms with E-state index in [-0.39, 0.29) is 11.9 Å². The molecule has 0 radical (unpaired) electrons. The van der Waals surface area contributed by atoms with E-state index >= 15 is 0 Å². The van der Waals surface area contributed by atoms with E-state index in [0.717, 1.165) is 31.8 Å². The number of esters is 1. The molecular weight excluding hydrogens is 252 g/mol. The molecular formula is C16H30N2O2. The van der Waals surface area contributed by atoms with Crippen LogP contribution in [0.5, 0.6) is 0 Å². The minimum Gasteiger partial charge on any atom is -0.465 e. The number of carbonyl (C=O) groups is 1. The van der Waals surface area contributed by atoms with Gasteiger partial charge in [0.1, 0.15) is 0 Å². The lowest BCUT2D eigenvalue weighted by molar-refractivity contribution is -0.151. The quantitative estimate of drug-likeness (QED) is 0.782. The highest BCUT2D eigenvalue weighted by Gasteiger charge is 2.27. The lowest BCUT2D eigenvalue weighted by Crippen LogP contribution is -2.41. The van der Waals surface area contributed by atoms with Crippen LogP contribution in [0.2, 0.25) is 0 Å². The van der Waals surface area contributed by atoms with E-state index < -0.39 is 0 Å². The molecule has 4 heteroatoms. The van der Waals surface area contributed by atoms with E-state index in [1.165, 1.54) is 32.5 Å². The first-order valence-electron chi connectivity index (χ1n) is 8.25. The van der Waals surface area contributed by atoms with Crippen LogP contribution in [-0.2, 0) is 9.53 Å². The summed E-state index contributed by atoms with van der Waals surface area (Å²) in [5.74, 6) is 1.44. The molecule has 0 aliphatic carbocycles. The molecule has 0 amide bonds. The zero-order chi connectivity index (χ0) is 14.4. The zero-order valence-corrected chi connectivity index (χ0v) is 13.1. The van der Waals surface area contributed by atoms with Crippen LogP contribution < -0.4 is 5.32 Å². The van der Waals surface area contributed by atoms with Gasteiger partial charge in [-0.15, -0.1) is 0 Å². The van der Waals surface area contributed by atoms with E-state index in [4.69, 9.17) is 4.74 Å². The van der Waals surface area contributed by atoms with Gasteiger partial charge in [0.05, 0.1) is 12.5 Å². The van der Waals surface area contributed by atoms with Crippen LogP contribution in [0.25, 0.3) is 0 Å². The summed E-state index contributed by atoms with van der Waals surface area (Å²) in [4.78, 5) is 14.5. The fourth-order valence-electron chi connectivity index (χ4n) is 3.15. The summed E-state index contributed by atoms with van der Waals surface area (Å²) < 4.78 is 5.36. The minimum absolute atomic E-state index is 0.0280. The second-order valence-corrected chi connectivity index (χ2v) is 6.79. The van der Waals surface area contributed by atoms with Crippen LogP contribution in [0.1, 0.15) is 39.5 Å². The van der Waals surface area contributed by atoms with Crippen molar-refractivity contribution in [3.8, 4) is 0 Å². The van der Waals surface area contributed by atoms with Gasteiger partial charge in [-0.2, -0.15) is 0 Å². The third kappa shape index (κ3) is 5.06. The summed E-state index contributed by atoms with van der Waals surface area (Å²) in [6.07, 6.45) is 4.55. The maximum atomic E-state index is 12.0. The Morgan fingerprint density at radius 1 is 1.20 bits per heavy atom. The van der Waals surface area contributed by atoms with Crippen molar-refractivity contribution in [2.45, 2.75) is 39.5 Å². The summed E-state index contributed by atoms with van der Waals surface area (Å²) in [7, 11) is 0. The van der Waals surface area contributed by atoms with Crippen molar-refractivity contribution in [2.75, 3.05) is 39.3 Å². The summed E-state index contributed by atoms with van der Waals surface area (Å²) >= 11 is 0. The third-order valence-electron chi connectivity index (χ3n) is 4.45. The van der Waals surface area contributed by atoms with Gasteiger partial charge in [-0.05, 0) is 63.7 Å². The maximum Gasteiger partial charge on any atom is 0.309 e. The number of likely N-dealkylation sites (tertiary alicyclic amines) is 1. The Bertz CT molecular complexity index is 293. The molecule has 20 heavy (non-hydrogen) atoms. The highest BCUT2D eigenvalue weighted by molar-refractivity contribution is 5.72. The number of rotatable bonds is 5. The van der Waals surface area contributed by atoms with Crippen molar-refractivity contribution in [1.29, 1.82) is 0 Å². The standard InChI is InChI=1S/C16H30N2O2/c1-13(2)12-20-16(19)15-5-9-18(10-6-15)11-14-3-7-17-8-4-14/h13-15,17H,3-12H2,1-2H3. The molecule has 0 atom stereocenters. The molecule has 0 aromatic heterocycles. The van der Waals surface area contributed by atoms with Crippen LogP contribution in [-0.4, -0.2) is 50.2 Å². The number of carbonyl (C=O) groups excluding carboxylic acids is 1. The number of piperidine rings is 2. The van der Waals surface area contributed by atoms with Gasteiger partial charge in [0.15, 0.2) is 0 Å². The molecule has 0 aromatic carbocycles. The van der Waals surface area contributed by atoms with Crippen LogP contribution in [0.4, 0.5) is 0 Å². The van der Waals surface area contributed by atoms with E-state index in [1.807, 2.05) is 0 Å². The van der Waals surface area contributed by atoms with E-state index in [0.29, 0.717) is 12.5 Å². The lowest BCUT2D eigenvalue weighted by Gasteiger charge is -2.34. The Hall–Kier alpha value is -0.610. The van der Waals surface area contributed by atoms with Crippen LogP contribution in [0.3, 0.4) is 0 Å². The molecule has 2 aliphatic rings. The minimum atomic E-state index is 0.0280. The largest absolute Gasteiger partial charge is 0.465 e. The molecule has 0 spiro atoms. The summed E-state index contributed by atoms with van der Waals surface area (Å²) in [5.41, 5.74) is 0. The number of hydrogen-bond acceptors (Lipinski definition) is 4. The van der Waals surface area contributed by atoms with Crippen molar-refractivity contribution >= 4 is 5.97 Å². The lowest BCUT2D eigenvalue weighted by atomic mass is 9.93. The van der Waals surface area contributed by atoms with Crippen molar-refractivity contribution in [3.63, 3.8) is 0 Å². The molecule has 0 unspecified atom stereocenters. The summed E-state index contributed by atoms with van der Waals surface area (Å²) in [6, 6.07) is 0. The molecule has 2 rings (SSSR count).